The fourth-order valence-corrected chi connectivity index (χ4v) is 2.32. The largest absolute Gasteiger partial charge is 0.307 e. The van der Waals surface area contributed by atoms with Crippen molar-refractivity contribution in [3.05, 3.63) is 12.7 Å². The third-order valence-corrected chi connectivity index (χ3v) is 3.53. The molecule has 3 heteroatoms. The van der Waals surface area contributed by atoms with Gasteiger partial charge in [0.25, 0.3) is 0 Å². The van der Waals surface area contributed by atoms with Crippen molar-refractivity contribution in [3.63, 3.8) is 0 Å². The van der Waals surface area contributed by atoms with Gasteiger partial charge in [0.1, 0.15) is 7.29 Å². The van der Waals surface area contributed by atoms with E-state index in [2.05, 4.69) is 13.5 Å². The number of unbranched alkanes of at least 4 members (excludes halogenated alkanes) is 2. The first-order valence-electron chi connectivity index (χ1n) is 4.10. The Hall–Kier alpha value is -0.0700. The van der Waals surface area contributed by atoms with Gasteiger partial charge in [0, 0.05) is 12.3 Å². The van der Waals surface area contributed by atoms with Gasteiger partial charge in [-0.2, -0.15) is 0 Å². The molecule has 0 aliphatic heterocycles. The summed E-state index contributed by atoms with van der Waals surface area (Å²) in [7, 11) is -2.34. The van der Waals surface area contributed by atoms with Crippen LogP contribution in [0.2, 0.25) is 0 Å². The van der Waals surface area contributed by atoms with Crippen molar-refractivity contribution in [1.29, 1.82) is 0 Å². The van der Waals surface area contributed by atoms with Crippen molar-refractivity contribution in [2.75, 3.05) is 12.3 Å². The first-order chi connectivity index (χ1) is 5.12. The first-order valence-corrected chi connectivity index (χ1v) is 6.24. The molecule has 66 valence electrons. The van der Waals surface area contributed by atoms with Gasteiger partial charge in [-0.05, 0) is 6.42 Å². The van der Waals surface area contributed by atoms with Crippen LogP contribution < -0.4 is 5.50 Å². The second kappa shape index (κ2) is 5.56. The van der Waals surface area contributed by atoms with E-state index in [-0.39, 0.29) is 0 Å². The zero-order valence-electron chi connectivity index (χ0n) is 7.25. The Kier molecular flexibility index (Phi) is 5.53. The van der Waals surface area contributed by atoms with Crippen molar-refractivity contribution < 1.29 is 4.57 Å². The molecule has 0 heterocycles. The molecule has 0 amide bonds. The zero-order valence-corrected chi connectivity index (χ0v) is 8.15. The summed E-state index contributed by atoms with van der Waals surface area (Å²) in [5.41, 5.74) is 5.55. The normalized spacial score (nSPS) is 15.8. The lowest BCUT2D eigenvalue weighted by Crippen LogP contribution is -2.02. The van der Waals surface area contributed by atoms with Crippen molar-refractivity contribution >= 4 is 7.29 Å². The summed E-state index contributed by atoms with van der Waals surface area (Å²) in [6.07, 6.45) is 6.06. The lowest BCUT2D eigenvalue weighted by Gasteiger charge is -2.08. The first kappa shape index (κ1) is 10.9. The lowest BCUT2D eigenvalue weighted by molar-refractivity contribution is 0.574. The minimum Gasteiger partial charge on any atom is -0.307 e. The van der Waals surface area contributed by atoms with Gasteiger partial charge >= 0.3 is 0 Å². The third-order valence-electron chi connectivity index (χ3n) is 1.58. The van der Waals surface area contributed by atoms with Crippen LogP contribution in [0.1, 0.15) is 26.2 Å². The Morgan fingerprint density at radius 2 is 2.18 bits per heavy atom. The summed E-state index contributed by atoms with van der Waals surface area (Å²) in [6.45, 7) is 5.64. The molecule has 1 unspecified atom stereocenters. The average Bonchev–Trinajstić information content (AvgIpc) is 1.87. The van der Waals surface area contributed by atoms with Crippen molar-refractivity contribution in [1.82, 2.24) is 0 Å². The van der Waals surface area contributed by atoms with Gasteiger partial charge in [-0.3, -0.25) is 5.50 Å². The standard InChI is InChI=1S/C8H18NOP/c1-3-5-6-8-11(9,10)7-4-2/h4H,2-3,5-8H2,1H3,(H2,9,10). The monoisotopic (exact) mass is 175 g/mol. The Bertz CT molecular complexity index is 156. The number of rotatable bonds is 6. The minimum absolute atomic E-state index is 0.483. The molecule has 0 saturated heterocycles. The predicted octanol–water partition coefficient (Wildman–Crippen LogP) is 2.60. The Morgan fingerprint density at radius 3 is 2.64 bits per heavy atom. The fraction of sp³-hybridized carbons (Fsp3) is 0.750. The Morgan fingerprint density at radius 1 is 1.55 bits per heavy atom. The SMILES string of the molecule is C=CCP(N)(=O)CCCCC. The highest BCUT2D eigenvalue weighted by Crippen LogP contribution is 2.36. The Balaban J connectivity index is 3.55. The van der Waals surface area contributed by atoms with Crippen LogP contribution in [0, 0.1) is 0 Å². The molecule has 0 spiro atoms. The van der Waals surface area contributed by atoms with Gasteiger partial charge < -0.3 is 4.57 Å². The van der Waals surface area contributed by atoms with E-state index in [9.17, 15) is 4.57 Å². The molecule has 0 aromatic rings. The summed E-state index contributed by atoms with van der Waals surface area (Å²) in [5, 5.41) is 0. The number of nitrogens with two attached hydrogens (primary N) is 1. The van der Waals surface area contributed by atoms with Gasteiger partial charge in [0.05, 0.1) is 0 Å². The molecular formula is C8H18NOP. The maximum absolute atomic E-state index is 11.4. The van der Waals surface area contributed by atoms with E-state index in [4.69, 9.17) is 5.50 Å². The lowest BCUT2D eigenvalue weighted by atomic mass is 10.3. The van der Waals surface area contributed by atoms with Crippen molar-refractivity contribution in [2.45, 2.75) is 26.2 Å². The molecule has 0 rings (SSSR count). The molecule has 0 bridgehead atoms. The molecule has 1 atom stereocenters. The molecule has 0 aromatic carbocycles. The molecule has 11 heavy (non-hydrogen) atoms. The second-order valence-electron chi connectivity index (χ2n) is 2.85. The van der Waals surface area contributed by atoms with Gasteiger partial charge in [0.2, 0.25) is 0 Å². The van der Waals surface area contributed by atoms with E-state index in [1.54, 1.807) is 6.08 Å². The van der Waals surface area contributed by atoms with E-state index in [1.807, 2.05) is 0 Å². The van der Waals surface area contributed by atoms with E-state index < -0.39 is 7.29 Å². The average molecular weight is 175 g/mol. The van der Waals surface area contributed by atoms with Gasteiger partial charge in [-0.15, -0.1) is 6.58 Å². The zero-order chi connectivity index (χ0) is 8.74. The van der Waals surface area contributed by atoms with Crippen LogP contribution in [0.3, 0.4) is 0 Å². The quantitative estimate of drug-likeness (QED) is 0.383. The van der Waals surface area contributed by atoms with Crippen LogP contribution >= 0.6 is 7.29 Å². The maximum atomic E-state index is 11.4. The summed E-state index contributed by atoms with van der Waals surface area (Å²) in [4.78, 5) is 0. The van der Waals surface area contributed by atoms with E-state index in [0.717, 1.165) is 19.3 Å². The smallest absolute Gasteiger partial charge is 0.148 e. The fourth-order valence-electron chi connectivity index (χ4n) is 0.939. The van der Waals surface area contributed by atoms with Crippen LogP contribution in [0.25, 0.3) is 0 Å². The molecule has 0 fully saturated rings. The van der Waals surface area contributed by atoms with Crippen LogP contribution in [-0.4, -0.2) is 12.3 Å². The van der Waals surface area contributed by atoms with Gasteiger partial charge in [-0.1, -0.05) is 25.8 Å². The van der Waals surface area contributed by atoms with E-state index in [0.29, 0.717) is 12.3 Å². The van der Waals surface area contributed by atoms with E-state index in [1.165, 1.54) is 0 Å². The van der Waals surface area contributed by atoms with Crippen LogP contribution in [-0.2, 0) is 4.57 Å². The molecule has 0 radical (unpaired) electrons. The van der Waals surface area contributed by atoms with Crippen LogP contribution in [0.5, 0.6) is 0 Å². The van der Waals surface area contributed by atoms with Crippen LogP contribution in [0.4, 0.5) is 0 Å². The third kappa shape index (κ3) is 6.33. The van der Waals surface area contributed by atoms with E-state index >= 15 is 0 Å². The molecule has 0 aliphatic rings. The van der Waals surface area contributed by atoms with Crippen LogP contribution in [0.15, 0.2) is 12.7 Å². The molecule has 0 aromatic heterocycles. The molecule has 2 nitrogen and oxygen atoms in total. The molecule has 0 aliphatic carbocycles. The topological polar surface area (TPSA) is 43.1 Å². The number of hydrogen-bond donors (Lipinski definition) is 1. The highest BCUT2D eigenvalue weighted by Gasteiger charge is 2.11. The maximum Gasteiger partial charge on any atom is 0.148 e. The summed E-state index contributed by atoms with van der Waals surface area (Å²) in [5.74, 6) is 0. The van der Waals surface area contributed by atoms with Crippen molar-refractivity contribution in [3.8, 4) is 0 Å². The minimum atomic E-state index is -2.34. The molecular weight excluding hydrogens is 157 g/mol. The van der Waals surface area contributed by atoms with Crippen molar-refractivity contribution in [2.24, 2.45) is 5.50 Å². The summed E-state index contributed by atoms with van der Waals surface area (Å²) >= 11 is 0. The second-order valence-corrected chi connectivity index (χ2v) is 5.57. The van der Waals surface area contributed by atoms with Gasteiger partial charge in [-0.25, -0.2) is 0 Å². The highest BCUT2D eigenvalue weighted by atomic mass is 31.2. The number of allylic oxidation sites excluding steroid dienone is 1. The highest BCUT2D eigenvalue weighted by molar-refractivity contribution is 7.61. The summed E-state index contributed by atoms with van der Waals surface area (Å²) in [6, 6.07) is 0. The van der Waals surface area contributed by atoms with Gasteiger partial charge in [0.15, 0.2) is 0 Å². The molecule has 0 saturated carbocycles. The molecule has 2 N–H and O–H groups in total. The Labute approximate surface area is 69.3 Å². The number of hydrogen-bond acceptors (Lipinski definition) is 1. The predicted molar refractivity (Wildman–Crippen MR) is 51.2 cm³/mol. The summed E-state index contributed by atoms with van der Waals surface area (Å²) < 4.78 is 11.4.